The molecule has 0 bridgehead atoms. The molecule has 0 aliphatic carbocycles. The third-order valence-corrected chi connectivity index (χ3v) is 7.21. The van der Waals surface area contributed by atoms with Crippen LogP contribution in [0.5, 0.6) is 11.5 Å². The highest BCUT2D eigenvalue weighted by atomic mass is 16.5. The summed E-state index contributed by atoms with van der Waals surface area (Å²) in [6.07, 6.45) is 3.12. The summed E-state index contributed by atoms with van der Waals surface area (Å²) < 4.78 is 11.0. The van der Waals surface area contributed by atoms with E-state index in [0.717, 1.165) is 49.4 Å². The van der Waals surface area contributed by atoms with Crippen molar-refractivity contribution in [2.45, 2.75) is 44.3 Å². The molecule has 158 valence electrons. The molecule has 0 saturated carbocycles. The van der Waals surface area contributed by atoms with Gasteiger partial charge in [0, 0.05) is 25.0 Å². The standard InChI is InChI=1S/C25H30N2O3/c1-3-30-22-7-4-6-19(14-22)23-15-20-17-26(16-18-8-10-21(29-2)11-9-18)24(28)25(20)12-5-13-27(23)25/h4,6-11,14,20,23H,3,5,12-13,15-17H2,1-2H3/t20-,23-,25-/m0/s1. The molecule has 0 radical (unpaired) electrons. The predicted octanol–water partition coefficient (Wildman–Crippen LogP) is 4.03. The Morgan fingerprint density at radius 2 is 1.97 bits per heavy atom. The molecule has 1 amide bonds. The predicted molar refractivity (Wildman–Crippen MR) is 116 cm³/mol. The summed E-state index contributed by atoms with van der Waals surface area (Å²) in [5.41, 5.74) is 2.14. The van der Waals surface area contributed by atoms with Gasteiger partial charge in [0.25, 0.3) is 0 Å². The van der Waals surface area contributed by atoms with E-state index < -0.39 is 0 Å². The fourth-order valence-electron chi connectivity index (χ4n) is 5.96. The summed E-state index contributed by atoms with van der Waals surface area (Å²) in [6.45, 7) is 5.21. The molecule has 0 unspecified atom stereocenters. The van der Waals surface area contributed by atoms with Crippen LogP contribution in [0.2, 0.25) is 0 Å². The maximum atomic E-state index is 13.7. The smallest absolute Gasteiger partial charge is 0.243 e. The number of likely N-dealkylation sites (tertiary alicyclic amines) is 1. The van der Waals surface area contributed by atoms with Crippen LogP contribution in [0, 0.1) is 5.92 Å². The molecule has 2 aromatic rings. The minimum atomic E-state index is -0.307. The number of methoxy groups -OCH3 is 1. The number of ether oxygens (including phenoxy) is 2. The van der Waals surface area contributed by atoms with E-state index in [-0.39, 0.29) is 5.54 Å². The molecule has 3 aliphatic heterocycles. The van der Waals surface area contributed by atoms with Gasteiger partial charge in [0.15, 0.2) is 0 Å². The highest BCUT2D eigenvalue weighted by Gasteiger charge is 2.65. The van der Waals surface area contributed by atoms with E-state index in [1.165, 1.54) is 5.56 Å². The summed E-state index contributed by atoms with van der Waals surface area (Å²) in [7, 11) is 1.68. The van der Waals surface area contributed by atoms with Crippen LogP contribution >= 0.6 is 0 Å². The lowest BCUT2D eigenvalue weighted by Crippen LogP contribution is -2.49. The Labute approximate surface area is 178 Å². The zero-order valence-electron chi connectivity index (χ0n) is 17.8. The summed E-state index contributed by atoms with van der Waals surface area (Å²) in [4.78, 5) is 18.3. The van der Waals surface area contributed by atoms with Crippen molar-refractivity contribution < 1.29 is 14.3 Å². The monoisotopic (exact) mass is 406 g/mol. The Bertz CT molecular complexity index is 928. The number of rotatable bonds is 6. The summed E-state index contributed by atoms with van der Waals surface area (Å²) in [6, 6.07) is 16.8. The second-order valence-electron chi connectivity index (χ2n) is 8.71. The van der Waals surface area contributed by atoms with Gasteiger partial charge in [-0.25, -0.2) is 0 Å². The van der Waals surface area contributed by atoms with Crippen LogP contribution in [-0.2, 0) is 11.3 Å². The Balaban J connectivity index is 1.37. The van der Waals surface area contributed by atoms with E-state index in [0.29, 0.717) is 31.0 Å². The Hall–Kier alpha value is -2.53. The number of carbonyl (C=O) groups excluding carboxylic acids is 1. The van der Waals surface area contributed by atoms with Crippen LogP contribution in [-0.4, -0.2) is 48.1 Å². The first kappa shape index (κ1) is 19.4. The summed E-state index contributed by atoms with van der Waals surface area (Å²) in [5, 5.41) is 0. The summed E-state index contributed by atoms with van der Waals surface area (Å²) >= 11 is 0. The van der Waals surface area contributed by atoms with Crippen molar-refractivity contribution >= 4 is 5.91 Å². The van der Waals surface area contributed by atoms with E-state index in [2.05, 4.69) is 40.1 Å². The number of hydrogen-bond acceptors (Lipinski definition) is 4. The van der Waals surface area contributed by atoms with Crippen LogP contribution in [0.25, 0.3) is 0 Å². The van der Waals surface area contributed by atoms with Gasteiger partial charge in [0.1, 0.15) is 17.0 Å². The fraction of sp³-hybridized carbons (Fsp3) is 0.480. The van der Waals surface area contributed by atoms with Gasteiger partial charge in [-0.05, 0) is 68.1 Å². The number of nitrogens with zero attached hydrogens (tertiary/aromatic N) is 2. The highest BCUT2D eigenvalue weighted by molar-refractivity contribution is 5.90. The number of hydrogen-bond donors (Lipinski definition) is 0. The second-order valence-corrected chi connectivity index (χ2v) is 8.71. The molecule has 0 N–H and O–H groups in total. The van der Waals surface area contributed by atoms with Gasteiger partial charge in [-0.2, -0.15) is 0 Å². The van der Waals surface area contributed by atoms with Crippen LogP contribution in [0.15, 0.2) is 48.5 Å². The maximum Gasteiger partial charge on any atom is 0.243 e. The molecular formula is C25H30N2O3. The second kappa shape index (κ2) is 7.62. The van der Waals surface area contributed by atoms with Crippen molar-refractivity contribution in [3.63, 3.8) is 0 Å². The quantitative estimate of drug-likeness (QED) is 0.726. The normalized spacial score (nSPS) is 27.9. The third kappa shape index (κ3) is 2.99. The molecule has 2 aromatic carbocycles. The molecule has 3 atom stereocenters. The molecule has 30 heavy (non-hydrogen) atoms. The van der Waals surface area contributed by atoms with Gasteiger partial charge in [0.2, 0.25) is 5.91 Å². The lowest BCUT2D eigenvalue weighted by atomic mass is 9.85. The Morgan fingerprint density at radius 3 is 2.73 bits per heavy atom. The molecule has 5 nitrogen and oxygen atoms in total. The van der Waals surface area contributed by atoms with Crippen molar-refractivity contribution in [2.75, 3.05) is 26.8 Å². The Morgan fingerprint density at radius 1 is 1.13 bits per heavy atom. The molecule has 0 aromatic heterocycles. The largest absolute Gasteiger partial charge is 0.497 e. The van der Waals surface area contributed by atoms with Crippen LogP contribution in [0.1, 0.15) is 43.4 Å². The van der Waals surface area contributed by atoms with E-state index in [4.69, 9.17) is 9.47 Å². The van der Waals surface area contributed by atoms with Gasteiger partial charge in [-0.3, -0.25) is 9.69 Å². The molecule has 3 heterocycles. The van der Waals surface area contributed by atoms with E-state index in [1.807, 2.05) is 25.1 Å². The molecule has 3 aliphatic rings. The van der Waals surface area contributed by atoms with Gasteiger partial charge in [-0.15, -0.1) is 0 Å². The minimum Gasteiger partial charge on any atom is -0.497 e. The number of benzene rings is 2. The molecule has 5 heteroatoms. The molecule has 5 rings (SSSR count). The molecular weight excluding hydrogens is 376 g/mol. The SMILES string of the molecule is CCOc1cccc([C@@H]2C[C@H]3CN(Cc4ccc(OC)cc4)C(=O)[C@]34CCCN24)c1. The van der Waals surface area contributed by atoms with E-state index in [9.17, 15) is 4.79 Å². The van der Waals surface area contributed by atoms with E-state index >= 15 is 0 Å². The number of amides is 1. The van der Waals surface area contributed by atoms with Crippen LogP contribution < -0.4 is 9.47 Å². The third-order valence-electron chi connectivity index (χ3n) is 7.21. The maximum absolute atomic E-state index is 13.7. The summed E-state index contributed by atoms with van der Waals surface area (Å²) in [5.74, 6) is 2.49. The highest BCUT2D eigenvalue weighted by Crippen LogP contribution is 2.56. The van der Waals surface area contributed by atoms with Gasteiger partial charge < -0.3 is 14.4 Å². The van der Waals surface area contributed by atoms with Gasteiger partial charge >= 0.3 is 0 Å². The lowest BCUT2D eigenvalue weighted by Gasteiger charge is -2.33. The fourth-order valence-corrected chi connectivity index (χ4v) is 5.96. The first-order chi connectivity index (χ1) is 14.7. The molecule has 1 spiro atoms. The average Bonchev–Trinajstić information content (AvgIpc) is 3.40. The first-order valence-corrected chi connectivity index (χ1v) is 11.1. The lowest BCUT2D eigenvalue weighted by molar-refractivity contribution is -0.137. The van der Waals surface area contributed by atoms with Crippen molar-refractivity contribution in [1.29, 1.82) is 0 Å². The molecule has 3 fully saturated rings. The van der Waals surface area contributed by atoms with Crippen LogP contribution in [0.3, 0.4) is 0 Å². The number of carbonyl (C=O) groups is 1. The Kier molecular flexibility index (Phi) is 4.94. The van der Waals surface area contributed by atoms with Crippen molar-refractivity contribution in [1.82, 2.24) is 9.80 Å². The topological polar surface area (TPSA) is 42.0 Å². The first-order valence-electron chi connectivity index (χ1n) is 11.1. The van der Waals surface area contributed by atoms with Crippen molar-refractivity contribution in [3.05, 3.63) is 59.7 Å². The minimum absolute atomic E-state index is 0.307. The van der Waals surface area contributed by atoms with Gasteiger partial charge in [0.05, 0.1) is 13.7 Å². The van der Waals surface area contributed by atoms with Gasteiger partial charge in [-0.1, -0.05) is 24.3 Å². The van der Waals surface area contributed by atoms with E-state index in [1.54, 1.807) is 7.11 Å². The van der Waals surface area contributed by atoms with Crippen LogP contribution in [0.4, 0.5) is 0 Å². The molecule has 3 saturated heterocycles. The van der Waals surface area contributed by atoms with Crippen molar-refractivity contribution in [2.24, 2.45) is 5.92 Å². The zero-order valence-corrected chi connectivity index (χ0v) is 17.8. The van der Waals surface area contributed by atoms with Crippen molar-refractivity contribution in [3.8, 4) is 11.5 Å². The zero-order chi connectivity index (χ0) is 20.7. The average molecular weight is 407 g/mol.